The summed E-state index contributed by atoms with van der Waals surface area (Å²) in [6.45, 7) is 4.48. The molecule has 1 aliphatic heterocycles. The molecule has 1 aromatic rings. The second-order valence-electron chi connectivity index (χ2n) is 5.78. The van der Waals surface area contributed by atoms with Crippen LogP contribution in [0.1, 0.15) is 31.2 Å². The van der Waals surface area contributed by atoms with Gasteiger partial charge in [-0.15, -0.1) is 0 Å². The molecule has 1 fully saturated rings. The fraction of sp³-hybridized carbons (Fsp3) is 0.588. The lowest BCUT2D eigenvalue weighted by atomic mass is 10.1. The Morgan fingerprint density at radius 3 is 2.95 bits per heavy atom. The van der Waals surface area contributed by atoms with Gasteiger partial charge in [-0.2, -0.15) is 0 Å². The molecule has 0 aromatic heterocycles. The number of carbonyl (C=O) groups is 1. The first-order valence-electron chi connectivity index (χ1n) is 7.82. The summed E-state index contributed by atoms with van der Waals surface area (Å²) in [5, 5.41) is 3.37. The van der Waals surface area contributed by atoms with Gasteiger partial charge in [0.2, 0.25) is 5.91 Å². The molecular formula is C17H26N2O2. The van der Waals surface area contributed by atoms with E-state index in [0.717, 1.165) is 37.2 Å². The van der Waals surface area contributed by atoms with Crippen molar-refractivity contribution in [3.63, 3.8) is 0 Å². The number of aryl methyl sites for hydroxylation is 1. The highest BCUT2D eigenvalue weighted by molar-refractivity contribution is 5.76. The average Bonchev–Trinajstić information content (AvgIpc) is 2.98. The van der Waals surface area contributed by atoms with Crippen LogP contribution in [0.2, 0.25) is 0 Å². The first-order chi connectivity index (χ1) is 10.2. The molecule has 1 amide bonds. The number of hydrogen-bond donors (Lipinski definition) is 1. The molecule has 0 spiro atoms. The molecule has 0 bridgehead atoms. The number of benzene rings is 1. The molecule has 1 unspecified atom stereocenters. The zero-order valence-corrected chi connectivity index (χ0v) is 13.1. The summed E-state index contributed by atoms with van der Waals surface area (Å²) in [5.74, 6) is 1.16. The largest absolute Gasteiger partial charge is 0.493 e. The lowest BCUT2D eigenvalue weighted by molar-refractivity contribution is -0.130. The first kappa shape index (κ1) is 15.8. The van der Waals surface area contributed by atoms with Crippen LogP contribution in [0.5, 0.6) is 5.75 Å². The van der Waals surface area contributed by atoms with Gasteiger partial charge >= 0.3 is 0 Å². The van der Waals surface area contributed by atoms with Crippen LogP contribution in [0.25, 0.3) is 0 Å². The molecule has 4 heteroatoms. The first-order valence-corrected chi connectivity index (χ1v) is 7.82. The highest BCUT2D eigenvalue weighted by Crippen LogP contribution is 2.16. The summed E-state index contributed by atoms with van der Waals surface area (Å²) in [6, 6.07) is 8.39. The second kappa shape index (κ2) is 8.03. The maximum Gasteiger partial charge on any atom is 0.223 e. The van der Waals surface area contributed by atoms with Crippen LogP contribution in [-0.4, -0.2) is 43.6 Å². The minimum atomic E-state index is 0.227. The van der Waals surface area contributed by atoms with Crippen molar-refractivity contribution < 1.29 is 9.53 Å². The van der Waals surface area contributed by atoms with E-state index >= 15 is 0 Å². The van der Waals surface area contributed by atoms with Crippen molar-refractivity contribution in [1.82, 2.24) is 10.2 Å². The Bertz CT molecular complexity index is 456. The van der Waals surface area contributed by atoms with Crippen LogP contribution in [0.15, 0.2) is 24.3 Å². The van der Waals surface area contributed by atoms with E-state index in [1.54, 1.807) is 0 Å². The third-order valence-corrected chi connectivity index (χ3v) is 4.00. The number of hydrogen-bond acceptors (Lipinski definition) is 3. The second-order valence-corrected chi connectivity index (χ2v) is 5.78. The van der Waals surface area contributed by atoms with Gasteiger partial charge in [0.05, 0.1) is 6.61 Å². The van der Waals surface area contributed by atoms with Crippen molar-refractivity contribution in [2.45, 2.75) is 38.6 Å². The van der Waals surface area contributed by atoms with E-state index in [4.69, 9.17) is 4.74 Å². The van der Waals surface area contributed by atoms with Crippen LogP contribution in [-0.2, 0) is 4.79 Å². The summed E-state index contributed by atoms with van der Waals surface area (Å²) in [7, 11) is 1.88. The Balaban J connectivity index is 1.63. The number of carbonyl (C=O) groups excluding carboxylic acids is 1. The van der Waals surface area contributed by atoms with Gasteiger partial charge < -0.3 is 15.0 Å². The van der Waals surface area contributed by atoms with Gasteiger partial charge in [0.25, 0.3) is 0 Å². The molecule has 1 aromatic carbocycles. The predicted octanol–water partition coefficient (Wildman–Crippen LogP) is 2.36. The molecule has 1 heterocycles. The maximum atomic E-state index is 12.1. The SMILES string of the molecule is Cc1ccccc1OCCCN(C)C(=O)CC1CCCN1. The van der Waals surface area contributed by atoms with Gasteiger partial charge in [-0.25, -0.2) is 0 Å². The van der Waals surface area contributed by atoms with Gasteiger partial charge in [-0.05, 0) is 44.4 Å². The summed E-state index contributed by atoms with van der Waals surface area (Å²) < 4.78 is 5.75. The molecule has 0 aliphatic carbocycles. The molecule has 0 saturated carbocycles. The minimum absolute atomic E-state index is 0.227. The van der Waals surface area contributed by atoms with Crippen molar-refractivity contribution in [3.05, 3.63) is 29.8 Å². The van der Waals surface area contributed by atoms with E-state index in [0.29, 0.717) is 19.1 Å². The van der Waals surface area contributed by atoms with Crippen LogP contribution in [0.3, 0.4) is 0 Å². The van der Waals surface area contributed by atoms with E-state index in [1.165, 1.54) is 6.42 Å². The van der Waals surface area contributed by atoms with Crippen molar-refractivity contribution in [1.29, 1.82) is 0 Å². The molecule has 1 aliphatic rings. The molecular weight excluding hydrogens is 264 g/mol. The fourth-order valence-electron chi connectivity index (χ4n) is 2.62. The summed E-state index contributed by atoms with van der Waals surface area (Å²) in [6.07, 6.45) is 3.78. The third-order valence-electron chi connectivity index (χ3n) is 4.00. The minimum Gasteiger partial charge on any atom is -0.493 e. The van der Waals surface area contributed by atoms with Crippen LogP contribution < -0.4 is 10.1 Å². The van der Waals surface area contributed by atoms with E-state index < -0.39 is 0 Å². The van der Waals surface area contributed by atoms with Gasteiger partial charge in [0, 0.05) is 26.1 Å². The van der Waals surface area contributed by atoms with Gasteiger partial charge in [0.15, 0.2) is 0 Å². The van der Waals surface area contributed by atoms with E-state index in [2.05, 4.69) is 5.32 Å². The van der Waals surface area contributed by atoms with Crippen molar-refractivity contribution in [2.75, 3.05) is 26.7 Å². The lowest BCUT2D eigenvalue weighted by Crippen LogP contribution is -2.34. The van der Waals surface area contributed by atoms with Crippen LogP contribution in [0, 0.1) is 6.92 Å². The quantitative estimate of drug-likeness (QED) is 0.784. The standard InChI is InChI=1S/C17H26N2O2/c1-14-7-3-4-9-16(14)21-12-6-11-19(2)17(20)13-15-8-5-10-18-15/h3-4,7,9,15,18H,5-6,8,10-13H2,1-2H3. The Morgan fingerprint density at radius 1 is 1.43 bits per heavy atom. The predicted molar refractivity (Wildman–Crippen MR) is 84.6 cm³/mol. The topological polar surface area (TPSA) is 41.6 Å². The maximum absolute atomic E-state index is 12.1. The molecule has 0 radical (unpaired) electrons. The molecule has 1 atom stereocenters. The van der Waals surface area contributed by atoms with E-state index in [9.17, 15) is 4.79 Å². The normalized spacial score (nSPS) is 17.7. The summed E-state index contributed by atoms with van der Waals surface area (Å²) in [5.41, 5.74) is 1.15. The highest BCUT2D eigenvalue weighted by atomic mass is 16.5. The average molecular weight is 290 g/mol. The smallest absolute Gasteiger partial charge is 0.223 e. The highest BCUT2D eigenvalue weighted by Gasteiger charge is 2.19. The Labute approximate surface area is 127 Å². The van der Waals surface area contributed by atoms with Gasteiger partial charge in [-0.1, -0.05) is 18.2 Å². The molecule has 1 saturated heterocycles. The number of nitrogens with zero attached hydrogens (tertiary/aromatic N) is 1. The van der Waals surface area contributed by atoms with E-state index in [1.807, 2.05) is 43.1 Å². The Kier molecular flexibility index (Phi) is 6.05. The van der Waals surface area contributed by atoms with Gasteiger partial charge in [0.1, 0.15) is 5.75 Å². The van der Waals surface area contributed by atoms with Crippen molar-refractivity contribution in [3.8, 4) is 5.75 Å². The number of nitrogens with one attached hydrogen (secondary N) is 1. The molecule has 4 nitrogen and oxygen atoms in total. The Morgan fingerprint density at radius 2 is 2.24 bits per heavy atom. The van der Waals surface area contributed by atoms with Crippen molar-refractivity contribution in [2.24, 2.45) is 0 Å². The number of amides is 1. The van der Waals surface area contributed by atoms with E-state index in [-0.39, 0.29) is 5.91 Å². The van der Waals surface area contributed by atoms with Crippen LogP contribution in [0.4, 0.5) is 0 Å². The number of rotatable bonds is 7. The monoisotopic (exact) mass is 290 g/mol. The summed E-state index contributed by atoms with van der Waals surface area (Å²) in [4.78, 5) is 13.9. The zero-order chi connectivity index (χ0) is 15.1. The molecule has 1 N–H and O–H groups in total. The van der Waals surface area contributed by atoms with Crippen molar-refractivity contribution >= 4 is 5.91 Å². The zero-order valence-electron chi connectivity index (χ0n) is 13.1. The third kappa shape index (κ3) is 5.05. The molecule has 116 valence electrons. The fourth-order valence-corrected chi connectivity index (χ4v) is 2.62. The van der Waals surface area contributed by atoms with Gasteiger partial charge in [-0.3, -0.25) is 4.79 Å². The number of ether oxygens (including phenoxy) is 1. The summed E-state index contributed by atoms with van der Waals surface area (Å²) >= 11 is 0. The number of para-hydroxylation sites is 1. The molecule has 21 heavy (non-hydrogen) atoms. The lowest BCUT2D eigenvalue weighted by Gasteiger charge is -2.19. The van der Waals surface area contributed by atoms with Crippen LogP contribution >= 0.6 is 0 Å². The Hall–Kier alpha value is -1.55. The molecule has 2 rings (SSSR count).